The minimum atomic E-state index is -0.750. The number of carbonyl (C=O) groups is 1. The molecule has 1 heterocycles. The number of fused-ring (bicyclic) bond motifs is 1. The van der Waals surface area contributed by atoms with Gasteiger partial charge in [-0.25, -0.2) is 4.39 Å². The van der Waals surface area contributed by atoms with E-state index in [1.165, 1.54) is 18.2 Å². The average Bonchev–Trinajstić information content (AvgIpc) is 3.03. The molecule has 0 saturated heterocycles. The molecular formula is C17H15ClFNO4. The van der Waals surface area contributed by atoms with Crippen LogP contribution in [0.4, 0.5) is 4.39 Å². The molecule has 5 nitrogen and oxygen atoms in total. The second-order valence-electron chi connectivity index (χ2n) is 5.24. The molecule has 1 atom stereocenters. The summed E-state index contributed by atoms with van der Waals surface area (Å²) >= 11 is 5.69. The predicted molar refractivity (Wildman–Crippen MR) is 85.9 cm³/mol. The molecule has 7 heteroatoms. The van der Waals surface area contributed by atoms with Gasteiger partial charge in [-0.3, -0.25) is 4.79 Å². The largest absolute Gasteiger partial charge is 0.481 e. The van der Waals surface area contributed by atoms with E-state index >= 15 is 0 Å². The lowest BCUT2D eigenvalue weighted by Gasteiger charge is -2.15. The van der Waals surface area contributed by atoms with Gasteiger partial charge in [-0.05, 0) is 36.8 Å². The molecule has 24 heavy (non-hydrogen) atoms. The van der Waals surface area contributed by atoms with Gasteiger partial charge in [0.2, 0.25) is 6.79 Å². The van der Waals surface area contributed by atoms with Crippen molar-refractivity contribution >= 4 is 17.5 Å². The fraction of sp³-hybridized carbons (Fsp3) is 0.235. The van der Waals surface area contributed by atoms with Gasteiger partial charge in [0, 0.05) is 12.6 Å². The van der Waals surface area contributed by atoms with Gasteiger partial charge in [-0.1, -0.05) is 17.7 Å². The van der Waals surface area contributed by atoms with Crippen LogP contribution in [0.3, 0.4) is 0 Å². The Labute approximate surface area is 143 Å². The minimum absolute atomic E-state index is 0.0551. The lowest BCUT2D eigenvalue weighted by atomic mass is 10.2. The molecule has 0 aliphatic carbocycles. The van der Waals surface area contributed by atoms with Gasteiger partial charge in [0.15, 0.2) is 17.6 Å². The highest BCUT2D eigenvalue weighted by Gasteiger charge is 2.17. The third-order valence-corrected chi connectivity index (χ3v) is 3.77. The van der Waals surface area contributed by atoms with Gasteiger partial charge in [0.1, 0.15) is 11.6 Å². The summed E-state index contributed by atoms with van der Waals surface area (Å²) < 4.78 is 29.1. The van der Waals surface area contributed by atoms with Crippen LogP contribution >= 0.6 is 11.6 Å². The molecule has 1 unspecified atom stereocenters. The highest BCUT2D eigenvalue weighted by molar-refractivity contribution is 6.30. The Hall–Kier alpha value is -2.47. The fourth-order valence-electron chi connectivity index (χ4n) is 2.19. The van der Waals surface area contributed by atoms with Crippen molar-refractivity contribution in [2.75, 3.05) is 6.79 Å². The lowest BCUT2D eigenvalue weighted by molar-refractivity contribution is -0.127. The van der Waals surface area contributed by atoms with E-state index in [-0.39, 0.29) is 17.7 Å². The first-order valence-electron chi connectivity index (χ1n) is 7.31. The van der Waals surface area contributed by atoms with Gasteiger partial charge < -0.3 is 19.5 Å². The van der Waals surface area contributed by atoms with E-state index in [1.807, 2.05) is 12.1 Å². The number of benzene rings is 2. The first-order chi connectivity index (χ1) is 11.5. The summed E-state index contributed by atoms with van der Waals surface area (Å²) in [6.45, 7) is 2.13. The summed E-state index contributed by atoms with van der Waals surface area (Å²) in [6.07, 6.45) is -0.750. The Morgan fingerprint density at radius 1 is 1.29 bits per heavy atom. The number of carbonyl (C=O) groups excluding carboxylic acids is 1. The topological polar surface area (TPSA) is 56.8 Å². The number of hydrogen-bond donors (Lipinski definition) is 1. The number of rotatable bonds is 5. The SMILES string of the molecule is CC(Oc1ccc(F)c(Cl)c1)C(=O)NCc1ccc2c(c1)OCO2. The minimum Gasteiger partial charge on any atom is -0.481 e. The molecule has 1 aliphatic rings. The summed E-state index contributed by atoms with van der Waals surface area (Å²) in [6, 6.07) is 9.40. The Morgan fingerprint density at radius 3 is 2.88 bits per heavy atom. The number of nitrogens with one attached hydrogen (secondary N) is 1. The van der Waals surface area contributed by atoms with E-state index in [1.54, 1.807) is 13.0 Å². The highest BCUT2D eigenvalue weighted by Crippen LogP contribution is 2.32. The molecular weight excluding hydrogens is 337 g/mol. The number of amides is 1. The Kier molecular flexibility index (Phi) is 4.76. The van der Waals surface area contributed by atoms with Crippen molar-refractivity contribution in [2.24, 2.45) is 0 Å². The molecule has 2 aromatic carbocycles. The summed E-state index contributed by atoms with van der Waals surface area (Å²) in [4.78, 5) is 12.1. The number of hydrogen-bond acceptors (Lipinski definition) is 4. The normalized spacial score (nSPS) is 13.5. The van der Waals surface area contributed by atoms with Crippen molar-refractivity contribution < 1.29 is 23.4 Å². The molecule has 1 N–H and O–H groups in total. The Morgan fingerprint density at radius 2 is 2.08 bits per heavy atom. The van der Waals surface area contributed by atoms with Gasteiger partial charge in [-0.2, -0.15) is 0 Å². The van der Waals surface area contributed by atoms with E-state index in [9.17, 15) is 9.18 Å². The first-order valence-corrected chi connectivity index (χ1v) is 7.68. The van der Waals surface area contributed by atoms with Crippen LogP contribution in [0.5, 0.6) is 17.2 Å². The smallest absolute Gasteiger partial charge is 0.261 e. The van der Waals surface area contributed by atoms with Crippen LogP contribution in [-0.4, -0.2) is 18.8 Å². The second-order valence-corrected chi connectivity index (χ2v) is 5.65. The van der Waals surface area contributed by atoms with Crippen LogP contribution < -0.4 is 19.5 Å². The monoisotopic (exact) mass is 351 g/mol. The van der Waals surface area contributed by atoms with Crippen LogP contribution in [0.25, 0.3) is 0 Å². The summed E-state index contributed by atoms with van der Waals surface area (Å²) in [7, 11) is 0. The average molecular weight is 352 g/mol. The van der Waals surface area contributed by atoms with Crippen LogP contribution in [-0.2, 0) is 11.3 Å². The fourth-order valence-corrected chi connectivity index (χ4v) is 2.36. The number of halogens is 2. The second kappa shape index (κ2) is 6.97. The molecule has 3 rings (SSSR count). The molecule has 1 amide bonds. The summed E-state index contributed by atoms with van der Waals surface area (Å²) in [5, 5.41) is 2.71. The molecule has 0 aromatic heterocycles. The van der Waals surface area contributed by atoms with E-state index in [0.717, 1.165) is 5.56 Å². The van der Waals surface area contributed by atoms with Crippen molar-refractivity contribution in [3.63, 3.8) is 0 Å². The van der Waals surface area contributed by atoms with Gasteiger partial charge in [0.05, 0.1) is 5.02 Å². The van der Waals surface area contributed by atoms with Crippen molar-refractivity contribution in [1.82, 2.24) is 5.32 Å². The third-order valence-electron chi connectivity index (χ3n) is 3.48. The molecule has 1 aliphatic heterocycles. The van der Waals surface area contributed by atoms with Crippen molar-refractivity contribution in [1.29, 1.82) is 0 Å². The lowest BCUT2D eigenvalue weighted by Crippen LogP contribution is -2.35. The van der Waals surface area contributed by atoms with Gasteiger partial charge in [-0.15, -0.1) is 0 Å². The molecule has 0 fully saturated rings. The van der Waals surface area contributed by atoms with Crippen LogP contribution in [0, 0.1) is 5.82 Å². The molecule has 0 bridgehead atoms. The molecule has 126 valence electrons. The first kappa shape index (κ1) is 16.4. The van der Waals surface area contributed by atoms with Crippen LogP contribution in [0.2, 0.25) is 5.02 Å². The third kappa shape index (κ3) is 3.71. The number of ether oxygens (including phenoxy) is 3. The van der Waals surface area contributed by atoms with Crippen molar-refractivity contribution in [2.45, 2.75) is 19.6 Å². The van der Waals surface area contributed by atoms with Gasteiger partial charge >= 0.3 is 0 Å². The maximum absolute atomic E-state index is 13.1. The molecule has 0 saturated carbocycles. The highest BCUT2D eigenvalue weighted by atomic mass is 35.5. The maximum atomic E-state index is 13.1. The standard InChI is InChI=1S/C17H15ClFNO4/c1-10(24-12-3-4-14(19)13(18)7-12)17(21)20-8-11-2-5-15-16(6-11)23-9-22-15/h2-7,10H,8-9H2,1H3,(H,20,21). The Balaban J connectivity index is 1.55. The predicted octanol–water partition coefficient (Wildman–Crippen LogP) is 3.29. The van der Waals surface area contributed by atoms with E-state index in [0.29, 0.717) is 23.8 Å². The van der Waals surface area contributed by atoms with Crippen molar-refractivity contribution in [3.8, 4) is 17.2 Å². The molecule has 0 spiro atoms. The molecule has 2 aromatic rings. The van der Waals surface area contributed by atoms with E-state index in [4.69, 9.17) is 25.8 Å². The maximum Gasteiger partial charge on any atom is 0.261 e. The quantitative estimate of drug-likeness (QED) is 0.898. The molecule has 0 radical (unpaired) electrons. The Bertz CT molecular complexity index is 768. The zero-order chi connectivity index (χ0) is 17.1. The van der Waals surface area contributed by atoms with Gasteiger partial charge in [0.25, 0.3) is 5.91 Å². The van der Waals surface area contributed by atoms with Crippen LogP contribution in [0.1, 0.15) is 12.5 Å². The summed E-state index contributed by atoms with van der Waals surface area (Å²) in [5.74, 6) is 0.839. The van der Waals surface area contributed by atoms with E-state index < -0.39 is 11.9 Å². The zero-order valence-corrected chi connectivity index (χ0v) is 13.6. The van der Waals surface area contributed by atoms with Crippen molar-refractivity contribution in [3.05, 3.63) is 52.8 Å². The van der Waals surface area contributed by atoms with E-state index in [2.05, 4.69) is 5.32 Å². The summed E-state index contributed by atoms with van der Waals surface area (Å²) in [5.41, 5.74) is 0.879. The zero-order valence-electron chi connectivity index (χ0n) is 12.8. The van der Waals surface area contributed by atoms with Crippen LogP contribution in [0.15, 0.2) is 36.4 Å².